The molecule has 2 aliphatic heterocycles. The number of fused-ring (bicyclic) bond motifs is 4. The third-order valence-corrected chi connectivity index (χ3v) is 12.1. The van der Waals surface area contributed by atoms with Crippen molar-refractivity contribution >= 4 is 70.4 Å². The van der Waals surface area contributed by atoms with Crippen molar-refractivity contribution in [2.75, 3.05) is 24.0 Å². The average Bonchev–Trinajstić information content (AvgIpc) is 3.51. The van der Waals surface area contributed by atoms with E-state index in [2.05, 4.69) is 6.58 Å². The molecule has 16 heteroatoms. The van der Waals surface area contributed by atoms with Gasteiger partial charge >= 0.3 is 0 Å². The van der Waals surface area contributed by atoms with Crippen molar-refractivity contribution in [1.82, 2.24) is 0 Å². The van der Waals surface area contributed by atoms with Gasteiger partial charge in [-0.1, -0.05) is 48.6 Å². The number of phenols is 1. The predicted octanol–water partition coefficient (Wildman–Crippen LogP) is 7.06. The first-order valence-electron chi connectivity index (χ1n) is 16.3. The highest BCUT2D eigenvalue weighted by Crippen LogP contribution is 2.64. The Balaban J connectivity index is 1.40. The van der Waals surface area contributed by atoms with Crippen LogP contribution < -0.4 is 19.3 Å². The normalized spacial score (nSPS) is 27.6. The van der Waals surface area contributed by atoms with Gasteiger partial charge in [0.15, 0.2) is 44.5 Å². The van der Waals surface area contributed by atoms with E-state index in [-0.39, 0.29) is 45.4 Å². The zero-order valence-corrected chi connectivity index (χ0v) is 29.7. The molecule has 0 radical (unpaired) electrons. The Bertz CT molecular complexity index is 2210. The number of ether oxygens (including phenoxy) is 2. The van der Waals surface area contributed by atoms with E-state index in [1.807, 2.05) is 0 Å². The summed E-state index contributed by atoms with van der Waals surface area (Å²) >= 11 is 14.3. The fourth-order valence-corrected chi connectivity index (χ4v) is 8.94. The Hall–Kier alpha value is -5.21. The Kier molecular flexibility index (Phi) is 8.92. The first kappa shape index (κ1) is 37.1. The van der Waals surface area contributed by atoms with Crippen LogP contribution in [0.2, 0.25) is 0 Å². The number of alkyl halides is 2. The molecule has 4 aliphatic rings. The standard InChI is InChI=1S/C38H27Cl2F5N2O7/c1-4-16-5-8-18(9-6-16)46-33(49)20-11-10-19-21(25(20)34(46)50)15-37(39)35(51)47(31-29(44)27(42)26(41)28(43)30(31)45)36(52)38(37,40)22(19)12-7-17-13-23(53-2)32(48)24(14-17)54-3/h4-10,12-14,20-22,25,48H,1,11,15H2,2-3H3. The smallest absolute Gasteiger partial charge is 0.258 e. The number of rotatable bonds is 7. The van der Waals surface area contributed by atoms with Crippen LogP contribution in [-0.4, -0.2) is 52.7 Å². The third kappa shape index (κ3) is 4.95. The summed E-state index contributed by atoms with van der Waals surface area (Å²) in [6, 6.07) is 9.17. The van der Waals surface area contributed by atoms with Gasteiger partial charge in [0.1, 0.15) is 5.69 Å². The lowest BCUT2D eigenvalue weighted by molar-refractivity contribution is -0.125. The van der Waals surface area contributed by atoms with E-state index in [0.717, 1.165) is 10.5 Å². The van der Waals surface area contributed by atoms with E-state index in [1.165, 1.54) is 38.5 Å². The highest BCUT2D eigenvalue weighted by molar-refractivity contribution is 6.58. The van der Waals surface area contributed by atoms with Gasteiger partial charge < -0.3 is 14.6 Å². The molecule has 9 nitrogen and oxygen atoms in total. The van der Waals surface area contributed by atoms with Gasteiger partial charge in [-0.15, -0.1) is 23.2 Å². The molecule has 3 fully saturated rings. The van der Waals surface area contributed by atoms with Crippen LogP contribution in [0.4, 0.5) is 33.3 Å². The molecule has 1 saturated carbocycles. The number of phenolic OH excluding ortho intramolecular Hbond substituents is 1. The average molecular weight is 790 g/mol. The fraction of sp³-hybridized carbons (Fsp3) is 0.263. The molecule has 4 amide bonds. The van der Waals surface area contributed by atoms with Gasteiger partial charge in [0, 0.05) is 5.92 Å². The van der Waals surface area contributed by atoms with E-state index in [1.54, 1.807) is 36.4 Å². The van der Waals surface area contributed by atoms with Crippen molar-refractivity contribution < 1.29 is 55.7 Å². The molecule has 2 aliphatic carbocycles. The van der Waals surface area contributed by atoms with Crippen molar-refractivity contribution in [2.45, 2.75) is 22.6 Å². The van der Waals surface area contributed by atoms with Crippen LogP contribution in [-0.2, 0) is 19.2 Å². The zero-order chi connectivity index (χ0) is 39.2. The molecule has 1 N–H and O–H groups in total. The second-order valence-electron chi connectivity index (χ2n) is 13.2. The summed E-state index contributed by atoms with van der Waals surface area (Å²) in [6.07, 6.45) is 5.19. The molecule has 7 rings (SSSR count). The minimum absolute atomic E-state index is 0.0246. The van der Waals surface area contributed by atoms with E-state index in [9.17, 15) is 37.5 Å². The number of amides is 4. The number of anilines is 2. The molecular formula is C38H27Cl2F5N2O7. The number of hydrogen-bond donors (Lipinski definition) is 1. The second kappa shape index (κ2) is 13.0. The van der Waals surface area contributed by atoms with Gasteiger partial charge in [0.25, 0.3) is 11.8 Å². The number of allylic oxidation sites excluding steroid dienone is 3. The molecule has 6 unspecified atom stereocenters. The topological polar surface area (TPSA) is 113 Å². The third-order valence-electron chi connectivity index (χ3n) is 10.6. The van der Waals surface area contributed by atoms with Crippen LogP contribution in [0.15, 0.2) is 60.7 Å². The summed E-state index contributed by atoms with van der Waals surface area (Å²) in [4.78, 5) is 52.2. The number of halogens is 7. The van der Waals surface area contributed by atoms with Crippen molar-refractivity contribution in [3.8, 4) is 17.2 Å². The van der Waals surface area contributed by atoms with Crippen LogP contribution in [0.25, 0.3) is 12.2 Å². The number of imide groups is 2. The summed E-state index contributed by atoms with van der Waals surface area (Å²) < 4.78 is 84.0. The van der Waals surface area contributed by atoms with Gasteiger partial charge in [-0.2, -0.15) is 0 Å². The van der Waals surface area contributed by atoms with Crippen molar-refractivity contribution in [2.24, 2.45) is 23.7 Å². The van der Waals surface area contributed by atoms with Crippen LogP contribution in [0, 0.1) is 52.8 Å². The second-order valence-corrected chi connectivity index (χ2v) is 14.4. The van der Waals surface area contributed by atoms with Crippen LogP contribution >= 0.6 is 23.2 Å². The molecule has 0 aromatic heterocycles. The number of methoxy groups -OCH3 is 2. The Morgan fingerprint density at radius 3 is 1.94 bits per heavy atom. The Labute approximate surface area is 313 Å². The molecule has 0 bridgehead atoms. The SMILES string of the molecule is C=Cc1ccc(N2C(=O)C3CC=C4C(CC5(Cl)C(=O)N(c6c(F)c(F)c(F)c(F)c6F)C(=O)C5(Cl)C4C=Cc4cc(OC)c(O)c(OC)c4)C3C2=O)cc1. The number of hydrogen-bond acceptors (Lipinski definition) is 7. The molecule has 280 valence electrons. The first-order chi connectivity index (χ1) is 25.6. The minimum atomic E-state index is -2.69. The Morgan fingerprint density at radius 2 is 1.39 bits per heavy atom. The number of carbonyl (C=O) groups excluding carboxylic acids is 4. The highest BCUT2D eigenvalue weighted by atomic mass is 35.5. The minimum Gasteiger partial charge on any atom is -0.502 e. The lowest BCUT2D eigenvalue weighted by atomic mass is 9.57. The van der Waals surface area contributed by atoms with Gasteiger partial charge in [-0.25, -0.2) is 26.9 Å². The molecule has 6 atom stereocenters. The van der Waals surface area contributed by atoms with Crippen molar-refractivity contribution in [1.29, 1.82) is 0 Å². The summed E-state index contributed by atoms with van der Waals surface area (Å²) in [6.45, 7) is 3.69. The van der Waals surface area contributed by atoms with Gasteiger partial charge in [0.05, 0.1) is 31.7 Å². The molecule has 54 heavy (non-hydrogen) atoms. The van der Waals surface area contributed by atoms with E-state index in [0.29, 0.717) is 0 Å². The van der Waals surface area contributed by atoms with Gasteiger partial charge in [0.2, 0.25) is 23.4 Å². The lowest BCUT2D eigenvalue weighted by Gasteiger charge is -2.49. The maximum absolute atomic E-state index is 15.3. The van der Waals surface area contributed by atoms with Crippen LogP contribution in [0.5, 0.6) is 17.2 Å². The summed E-state index contributed by atoms with van der Waals surface area (Å²) in [5.41, 5.74) is -0.348. The predicted molar refractivity (Wildman–Crippen MR) is 186 cm³/mol. The van der Waals surface area contributed by atoms with E-state index >= 15 is 8.78 Å². The molecule has 2 heterocycles. The number of carbonyl (C=O) groups is 4. The quantitative estimate of drug-likeness (QED) is 0.0682. The molecule has 2 saturated heterocycles. The number of benzene rings is 3. The molecule has 3 aromatic carbocycles. The monoisotopic (exact) mass is 788 g/mol. The fourth-order valence-electron chi connectivity index (χ4n) is 8.05. The van der Waals surface area contributed by atoms with Crippen LogP contribution in [0.1, 0.15) is 24.0 Å². The maximum atomic E-state index is 15.3. The van der Waals surface area contributed by atoms with Gasteiger partial charge in [-0.05, 0) is 54.2 Å². The number of nitrogens with zero attached hydrogens (tertiary/aromatic N) is 2. The van der Waals surface area contributed by atoms with Gasteiger partial charge in [-0.3, -0.25) is 24.1 Å². The van der Waals surface area contributed by atoms with Crippen molar-refractivity contribution in [3.05, 3.63) is 101 Å². The largest absolute Gasteiger partial charge is 0.502 e. The molecule has 3 aromatic rings. The highest BCUT2D eigenvalue weighted by Gasteiger charge is 2.76. The molecule has 0 spiro atoms. The van der Waals surface area contributed by atoms with E-state index in [4.69, 9.17) is 32.7 Å². The van der Waals surface area contributed by atoms with Crippen LogP contribution in [0.3, 0.4) is 0 Å². The summed E-state index contributed by atoms with van der Waals surface area (Å²) in [7, 11) is 2.56. The summed E-state index contributed by atoms with van der Waals surface area (Å²) in [5, 5.41) is 10.4. The molecular weight excluding hydrogens is 762 g/mol. The first-order valence-corrected chi connectivity index (χ1v) is 17.0. The zero-order valence-electron chi connectivity index (χ0n) is 28.1. The van der Waals surface area contributed by atoms with Crippen molar-refractivity contribution in [3.63, 3.8) is 0 Å². The maximum Gasteiger partial charge on any atom is 0.258 e. The lowest BCUT2D eigenvalue weighted by Crippen LogP contribution is -2.60. The number of aromatic hydroxyl groups is 1. The summed E-state index contributed by atoms with van der Waals surface area (Å²) in [5.74, 6) is -21.8. The Morgan fingerprint density at radius 1 is 0.815 bits per heavy atom. The van der Waals surface area contributed by atoms with E-state index < -0.39 is 98.2 Å².